The van der Waals surface area contributed by atoms with Gasteiger partial charge in [0, 0.05) is 13.1 Å². The molecule has 2 rings (SSSR count). The molecule has 1 aliphatic rings. The van der Waals surface area contributed by atoms with Gasteiger partial charge in [-0.15, -0.1) is 0 Å². The van der Waals surface area contributed by atoms with E-state index in [9.17, 15) is 19.8 Å². The highest BCUT2D eigenvalue weighted by molar-refractivity contribution is 6.34. The van der Waals surface area contributed by atoms with Crippen molar-refractivity contribution in [3.05, 3.63) is 34.3 Å². The molecule has 138 valence electrons. The van der Waals surface area contributed by atoms with Gasteiger partial charge >= 0.3 is 5.97 Å². The van der Waals surface area contributed by atoms with Crippen LogP contribution in [-0.4, -0.2) is 46.2 Å². The summed E-state index contributed by atoms with van der Waals surface area (Å²) in [6.45, 7) is 6.16. The van der Waals surface area contributed by atoms with E-state index in [1.807, 2.05) is 13.8 Å². The molecule has 5 nitrogen and oxygen atoms in total. The van der Waals surface area contributed by atoms with Gasteiger partial charge in [0.1, 0.15) is 5.41 Å². The number of amides is 1. The quantitative estimate of drug-likeness (QED) is 0.836. The van der Waals surface area contributed by atoms with Crippen LogP contribution in [0.5, 0.6) is 0 Å². The van der Waals surface area contributed by atoms with Gasteiger partial charge in [0.25, 0.3) is 5.91 Å². The fraction of sp³-hybridized carbons (Fsp3) is 0.579. The lowest BCUT2D eigenvalue weighted by Gasteiger charge is -2.43. The van der Waals surface area contributed by atoms with Crippen LogP contribution in [0.15, 0.2) is 18.2 Å². The molecule has 1 heterocycles. The smallest absolute Gasteiger partial charge is 0.314 e. The Morgan fingerprint density at radius 2 is 2.08 bits per heavy atom. The number of aryl methyl sites for hydroxylation is 1. The van der Waals surface area contributed by atoms with Crippen molar-refractivity contribution in [2.75, 3.05) is 13.1 Å². The number of aliphatic carboxylic acids is 1. The molecule has 0 aliphatic carbocycles. The number of carboxylic acids is 1. The third kappa shape index (κ3) is 3.98. The monoisotopic (exact) mass is 367 g/mol. The van der Waals surface area contributed by atoms with E-state index in [1.165, 1.54) is 4.90 Å². The molecule has 1 aromatic carbocycles. The number of carbonyl (C=O) groups is 2. The number of aliphatic hydroxyl groups excluding tert-OH is 1. The molecule has 2 N–H and O–H groups in total. The van der Waals surface area contributed by atoms with Crippen molar-refractivity contribution in [1.29, 1.82) is 0 Å². The fourth-order valence-electron chi connectivity index (χ4n) is 3.42. The molecule has 1 fully saturated rings. The van der Waals surface area contributed by atoms with Crippen LogP contribution in [0.4, 0.5) is 0 Å². The highest BCUT2D eigenvalue weighted by Gasteiger charge is 2.50. The second-order valence-electron chi connectivity index (χ2n) is 7.36. The Morgan fingerprint density at radius 1 is 1.40 bits per heavy atom. The lowest BCUT2D eigenvalue weighted by Crippen LogP contribution is -2.57. The molecule has 0 spiro atoms. The summed E-state index contributed by atoms with van der Waals surface area (Å²) in [5.41, 5.74) is -0.164. The summed E-state index contributed by atoms with van der Waals surface area (Å²) in [7, 11) is 0. The average molecular weight is 368 g/mol. The lowest BCUT2D eigenvalue weighted by molar-refractivity contribution is -0.163. The first-order valence-electron chi connectivity index (χ1n) is 8.65. The van der Waals surface area contributed by atoms with Gasteiger partial charge in [0.05, 0.1) is 16.7 Å². The van der Waals surface area contributed by atoms with E-state index < -0.39 is 17.5 Å². The summed E-state index contributed by atoms with van der Waals surface area (Å²) in [5.74, 6) is -1.00. The summed E-state index contributed by atoms with van der Waals surface area (Å²) >= 11 is 6.20. The normalized spacial score (nSPS) is 23.8. The number of nitrogens with zero attached hydrogens (tertiary/aromatic N) is 1. The number of aliphatic hydroxyl groups is 1. The van der Waals surface area contributed by atoms with Crippen LogP contribution in [0.25, 0.3) is 0 Å². The van der Waals surface area contributed by atoms with Gasteiger partial charge in [0.15, 0.2) is 0 Å². The van der Waals surface area contributed by atoms with Crippen LogP contribution < -0.4 is 0 Å². The number of hydrogen-bond acceptors (Lipinski definition) is 3. The average Bonchev–Trinajstić information content (AvgIpc) is 2.53. The van der Waals surface area contributed by atoms with Crippen LogP contribution in [0.1, 0.15) is 49.0 Å². The fourth-order valence-corrected chi connectivity index (χ4v) is 3.73. The van der Waals surface area contributed by atoms with Crippen molar-refractivity contribution in [2.45, 2.75) is 46.1 Å². The van der Waals surface area contributed by atoms with Crippen LogP contribution in [0.3, 0.4) is 0 Å². The molecule has 6 heteroatoms. The maximum Gasteiger partial charge on any atom is 0.314 e. The maximum absolute atomic E-state index is 13.0. The summed E-state index contributed by atoms with van der Waals surface area (Å²) in [6, 6.07) is 5.24. The van der Waals surface area contributed by atoms with Gasteiger partial charge in [-0.2, -0.15) is 0 Å². The summed E-state index contributed by atoms with van der Waals surface area (Å²) < 4.78 is 0. The minimum atomic E-state index is -1.33. The van der Waals surface area contributed by atoms with Gasteiger partial charge in [-0.25, -0.2) is 0 Å². The zero-order chi connectivity index (χ0) is 18.8. The number of likely N-dealkylation sites (tertiary alicyclic amines) is 1. The van der Waals surface area contributed by atoms with Crippen molar-refractivity contribution >= 4 is 23.5 Å². The van der Waals surface area contributed by atoms with Crippen LogP contribution >= 0.6 is 11.6 Å². The van der Waals surface area contributed by atoms with E-state index in [4.69, 9.17) is 11.6 Å². The number of carboxylic acid groups (broad SMARTS) is 1. The second kappa shape index (κ2) is 7.75. The predicted molar refractivity (Wildman–Crippen MR) is 96.9 cm³/mol. The highest BCUT2D eigenvalue weighted by Crippen LogP contribution is 2.37. The van der Waals surface area contributed by atoms with E-state index in [-0.39, 0.29) is 18.9 Å². The molecule has 1 amide bonds. The molecule has 25 heavy (non-hydrogen) atoms. The SMILES string of the molecule is Cc1cccc(Cl)c1C(=O)N1CC[C@@H](O)[C@](CCC(C)C)(C(=O)O)C1. The zero-order valence-corrected chi connectivity index (χ0v) is 15.7. The number of piperidine rings is 1. The van der Waals surface area contributed by atoms with Gasteiger partial charge in [0.2, 0.25) is 0 Å². The van der Waals surface area contributed by atoms with Crippen molar-refractivity contribution in [1.82, 2.24) is 4.90 Å². The maximum atomic E-state index is 13.0. The van der Waals surface area contributed by atoms with Crippen LogP contribution in [0.2, 0.25) is 5.02 Å². The van der Waals surface area contributed by atoms with Crippen molar-refractivity contribution in [3.8, 4) is 0 Å². The van der Waals surface area contributed by atoms with Crippen molar-refractivity contribution in [3.63, 3.8) is 0 Å². The topological polar surface area (TPSA) is 77.8 Å². The number of benzene rings is 1. The Morgan fingerprint density at radius 3 is 2.64 bits per heavy atom. The molecule has 0 unspecified atom stereocenters. The van der Waals surface area contributed by atoms with Gasteiger partial charge in [-0.05, 0) is 43.7 Å². The van der Waals surface area contributed by atoms with E-state index in [2.05, 4.69) is 0 Å². The summed E-state index contributed by atoms with van der Waals surface area (Å²) in [4.78, 5) is 26.5. The number of carbonyl (C=O) groups excluding carboxylic acids is 1. The minimum Gasteiger partial charge on any atom is -0.481 e. The standard InChI is InChI=1S/C19H26ClNO4/c1-12(2)7-9-19(18(24)25)11-21(10-8-15(19)22)17(23)16-13(3)5-4-6-14(16)20/h4-6,12,15,22H,7-11H2,1-3H3,(H,24,25)/t15-,19-/m1/s1. The molecule has 2 atom stereocenters. The van der Waals surface area contributed by atoms with E-state index in [0.29, 0.717) is 35.9 Å². The molecule has 0 aromatic heterocycles. The number of hydrogen-bond donors (Lipinski definition) is 2. The Balaban J connectivity index is 2.31. The number of rotatable bonds is 5. The molecule has 1 aliphatic heterocycles. The summed E-state index contributed by atoms with van der Waals surface area (Å²) in [6.07, 6.45) is 0.308. The highest BCUT2D eigenvalue weighted by atomic mass is 35.5. The van der Waals surface area contributed by atoms with Crippen LogP contribution in [-0.2, 0) is 4.79 Å². The lowest BCUT2D eigenvalue weighted by atomic mass is 9.72. The minimum absolute atomic E-state index is 0.000281. The van der Waals surface area contributed by atoms with Gasteiger partial charge in [-0.1, -0.05) is 37.6 Å². The Kier molecular flexibility index (Phi) is 6.12. The summed E-state index contributed by atoms with van der Waals surface area (Å²) in [5, 5.41) is 20.6. The zero-order valence-electron chi connectivity index (χ0n) is 15.0. The molecule has 1 saturated heterocycles. The third-order valence-electron chi connectivity index (χ3n) is 5.10. The molecular weight excluding hydrogens is 342 g/mol. The third-order valence-corrected chi connectivity index (χ3v) is 5.42. The van der Waals surface area contributed by atoms with E-state index >= 15 is 0 Å². The Labute approximate surface area is 153 Å². The first kappa shape index (κ1) is 19.7. The van der Waals surface area contributed by atoms with Crippen molar-refractivity contribution < 1.29 is 19.8 Å². The second-order valence-corrected chi connectivity index (χ2v) is 7.76. The largest absolute Gasteiger partial charge is 0.481 e. The molecule has 0 bridgehead atoms. The van der Waals surface area contributed by atoms with Crippen molar-refractivity contribution in [2.24, 2.45) is 11.3 Å². The Bertz CT molecular complexity index is 641. The van der Waals surface area contributed by atoms with Gasteiger partial charge in [-0.3, -0.25) is 9.59 Å². The van der Waals surface area contributed by atoms with Crippen LogP contribution in [0, 0.1) is 18.3 Å². The van der Waals surface area contributed by atoms with E-state index in [1.54, 1.807) is 25.1 Å². The molecule has 0 radical (unpaired) electrons. The van der Waals surface area contributed by atoms with E-state index in [0.717, 1.165) is 5.56 Å². The van der Waals surface area contributed by atoms with Gasteiger partial charge < -0.3 is 15.1 Å². The predicted octanol–water partition coefficient (Wildman–Crippen LogP) is 3.36. The Hall–Kier alpha value is -1.59. The number of halogens is 1. The molecule has 0 saturated carbocycles. The first-order chi connectivity index (χ1) is 11.7. The molecule has 1 aromatic rings. The molecular formula is C19H26ClNO4. The first-order valence-corrected chi connectivity index (χ1v) is 9.02.